The number of anilines is 1. The van der Waals surface area contributed by atoms with Gasteiger partial charge in [-0.25, -0.2) is 4.98 Å². The van der Waals surface area contributed by atoms with Crippen molar-refractivity contribution >= 4 is 11.6 Å². The van der Waals surface area contributed by atoms with Crippen LogP contribution in [0.2, 0.25) is 0 Å². The fraction of sp³-hybridized carbons (Fsp3) is 0.500. The van der Waals surface area contributed by atoms with Gasteiger partial charge in [0, 0.05) is 38.6 Å². The second kappa shape index (κ2) is 6.90. The average Bonchev–Trinajstić information content (AvgIpc) is 3.05. The molecular formula is C20H26N4O. The molecule has 2 aromatic rings. The third-order valence-corrected chi connectivity index (χ3v) is 5.49. The summed E-state index contributed by atoms with van der Waals surface area (Å²) in [5.41, 5.74) is 3.18. The Balaban J connectivity index is 1.50. The molecule has 1 N–H and O–H groups in total. The number of hydrogen-bond acceptors (Lipinski definition) is 3. The molecule has 1 amide bonds. The zero-order valence-electron chi connectivity index (χ0n) is 14.9. The minimum absolute atomic E-state index is 0.179. The fourth-order valence-electron chi connectivity index (χ4n) is 4.13. The van der Waals surface area contributed by atoms with Gasteiger partial charge in [-0.05, 0) is 50.2 Å². The van der Waals surface area contributed by atoms with E-state index >= 15 is 0 Å². The third-order valence-electron chi connectivity index (χ3n) is 5.49. The highest BCUT2D eigenvalue weighted by molar-refractivity contribution is 6.00. The quantitative estimate of drug-likeness (QED) is 0.935. The predicted molar refractivity (Wildman–Crippen MR) is 98.8 cm³/mol. The van der Waals surface area contributed by atoms with E-state index in [-0.39, 0.29) is 5.91 Å². The highest BCUT2D eigenvalue weighted by Crippen LogP contribution is 2.28. The van der Waals surface area contributed by atoms with Gasteiger partial charge in [0.1, 0.15) is 5.82 Å². The number of carbonyl (C=O) groups excluding carboxylic acids is 1. The Kier molecular flexibility index (Phi) is 4.47. The van der Waals surface area contributed by atoms with Crippen molar-refractivity contribution in [3.63, 3.8) is 0 Å². The standard InChI is InChI=1S/C20H26N4O/c1-15-21-10-12-23(15)13-16-5-4-11-24(14-16)20(25)18-8-2-6-17-7-3-9-22-19(17)18/h2,6,8,10,12,16,22H,3-5,7,9,11,13-14H2,1H3. The van der Waals surface area contributed by atoms with Gasteiger partial charge in [-0.2, -0.15) is 0 Å². The molecule has 5 nitrogen and oxygen atoms in total. The van der Waals surface area contributed by atoms with Crippen LogP contribution in [0.25, 0.3) is 0 Å². The number of rotatable bonds is 3. The Morgan fingerprint density at radius 2 is 2.28 bits per heavy atom. The molecule has 2 aliphatic heterocycles. The average molecular weight is 338 g/mol. The maximum absolute atomic E-state index is 13.2. The lowest BCUT2D eigenvalue weighted by Crippen LogP contribution is -2.41. The van der Waals surface area contributed by atoms with Crippen molar-refractivity contribution in [3.8, 4) is 0 Å². The van der Waals surface area contributed by atoms with Crippen molar-refractivity contribution < 1.29 is 4.79 Å². The summed E-state index contributed by atoms with van der Waals surface area (Å²) >= 11 is 0. The monoisotopic (exact) mass is 338 g/mol. The van der Waals surface area contributed by atoms with E-state index in [1.165, 1.54) is 12.0 Å². The number of aryl methyl sites for hydroxylation is 2. The van der Waals surface area contributed by atoms with Crippen LogP contribution in [0.3, 0.4) is 0 Å². The van der Waals surface area contributed by atoms with Gasteiger partial charge in [0.05, 0.1) is 11.3 Å². The Labute approximate surface area is 149 Å². The first kappa shape index (κ1) is 16.2. The van der Waals surface area contributed by atoms with E-state index in [1.54, 1.807) is 0 Å². The van der Waals surface area contributed by atoms with Gasteiger partial charge in [-0.1, -0.05) is 12.1 Å². The van der Waals surface area contributed by atoms with E-state index < -0.39 is 0 Å². The molecule has 1 saturated heterocycles. The van der Waals surface area contributed by atoms with Crippen molar-refractivity contribution in [2.45, 2.75) is 39.2 Å². The number of hydrogen-bond donors (Lipinski definition) is 1. The van der Waals surface area contributed by atoms with Crippen molar-refractivity contribution in [2.24, 2.45) is 5.92 Å². The van der Waals surface area contributed by atoms with Crippen molar-refractivity contribution in [1.29, 1.82) is 0 Å². The second-order valence-electron chi connectivity index (χ2n) is 7.26. The van der Waals surface area contributed by atoms with Crippen LogP contribution in [0.5, 0.6) is 0 Å². The molecule has 0 saturated carbocycles. The van der Waals surface area contributed by atoms with Crippen molar-refractivity contribution in [3.05, 3.63) is 47.5 Å². The molecule has 1 unspecified atom stereocenters. The summed E-state index contributed by atoms with van der Waals surface area (Å²) in [5, 5.41) is 3.45. The normalized spacial score (nSPS) is 20.0. The number of piperidine rings is 1. The highest BCUT2D eigenvalue weighted by atomic mass is 16.2. The number of imidazole rings is 1. The fourth-order valence-corrected chi connectivity index (χ4v) is 4.13. The molecule has 132 valence electrons. The zero-order chi connectivity index (χ0) is 17.2. The maximum atomic E-state index is 13.2. The number of aromatic nitrogens is 2. The van der Waals surface area contributed by atoms with Gasteiger partial charge < -0.3 is 14.8 Å². The summed E-state index contributed by atoms with van der Waals surface area (Å²) in [5.74, 6) is 1.72. The number of amides is 1. The molecule has 1 fully saturated rings. The van der Waals surface area contributed by atoms with Gasteiger partial charge in [0.25, 0.3) is 5.91 Å². The van der Waals surface area contributed by atoms with Gasteiger partial charge in [-0.15, -0.1) is 0 Å². The molecule has 25 heavy (non-hydrogen) atoms. The summed E-state index contributed by atoms with van der Waals surface area (Å²) in [6.07, 6.45) is 8.34. The summed E-state index contributed by atoms with van der Waals surface area (Å²) in [6.45, 7) is 5.64. The van der Waals surface area contributed by atoms with Crippen LogP contribution in [0.4, 0.5) is 5.69 Å². The molecule has 2 aliphatic rings. The number of benzene rings is 1. The lowest BCUT2D eigenvalue weighted by atomic mass is 9.95. The summed E-state index contributed by atoms with van der Waals surface area (Å²) < 4.78 is 2.20. The Morgan fingerprint density at radius 3 is 3.12 bits per heavy atom. The van der Waals surface area contributed by atoms with Crippen LogP contribution in [0.15, 0.2) is 30.6 Å². The van der Waals surface area contributed by atoms with Crippen LogP contribution in [-0.2, 0) is 13.0 Å². The largest absolute Gasteiger partial charge is 0.384 e. The lowest BCUT2D eigenvalue weighted by Gasteiger charge is -2.34. The molecule has 3 heterocycles. The number of fused-ring (bicyclic) bond motifs is 1. The van der Waals surface area contributed by atoms with E-state index in [0.29, 0.717) is 5.92 Å². The number of nitrogens with zero attached hydrogens (tertiary/aromatic N) is 3. The molecule has 1 aromatic heterocycles. The minimum Gasteiger partial charge on any atom is -0.384 e. The van der Waals surface area contributed by atoms with E-state index in [9.17, 15) is 4.79 Å². The van der Waals surface area contributed by atoms with Gasteiger partial charge in [-0.3, -0.25) is 4.79 Å². The number of likely N-dealkylation sites (tertiary alicyclic amines) is 1. The molecular weight excluding hydrogens is 312 g/mol. The summed E-state index contributed by atoms with van der Waals surface area (Å²) in [7, 11) is 0. The van der Waals surface area contributed by atoms with Crippen molar-refractivity contribution in [1.82, 2.24) is 14.5 Å². The Bertz CT molecular complexity index is 767. The topological polar surface area (TPSA) is 50.2 Å². The SMILES string of the molecule is Cc1nccn1CC1CCCN(C(=O)c2cccc3c2NCCC3)C1. The number of nitrogens with one attached hydrogen (secondary N) is 1. The van der Waals surface area contributed by atoms with Crippen LogP contribution in [0, 0.1) is 12.8 Å². The van der Waals surface area contributed by atoms with E-state index in [4.69, 9.17) is 0 Å². The lowest BCUT2D eigenvalue weighted by molar-refractivity contribution is 0.0663. The molecule has 1 atom stereocenters. The minimum atomic E-state index is 0.179. The summed E-state index contributed by atoms with van der Waals surface area (Å²) in [4.78, 5) is 19.5. The zero-order valence-corrected chi connectivity index (χ0v) is 14.9. The molecule has 0 aliphatic carbocycles. The number of para-hydroxylation sites is 1. The molecule has 5 heteroatoms. The Hall–Kier alpha value is -2.30. The van der Waals surface area contributed by atoms with Crippen LogP contribution in [0.1, 0.15) is 41.0 Å². The van der Waals surface area contributed by atoms with Gasteiger partial charge in [0.2, 0.25) is 0 Å². The number of carbonyl (C=O) groups is 1. The van der Waals surface area contributed by atoms with Crippen LogP contribution >= 0.6 is 0 Å². The van der Waals surface area contributed by atoms with Gasteiger partial charge in [0.15, 0.2) is 0 Å². The van der Waals surface area contributed by atoms with Gasteiger partial charge >= 0.3 is 0 Å². The van der Waals surface area contributed by atoms with Crippen molar-refractivity contribution in [2.75, 3.05) is 25.0 Å². The molecule has 0 bridgehead atoms. The molecule has 4 rings (SSSR count). The summed E-state index contributed by atoms with van der Waals surface area (Å²) in [6, 6.07) is 6.14. The molecule has 1 aromatic carbocycles. The predicted octanol–water partition coefficient (Wildman–Crippen LogP) is 3.10. The van der Waals surface area contributed by atoms with Crippen LogP contribution < -0.4 is 5.32 Å². The smallest absolute Gasteiger partial charge is 0.255 e. The molecule has 0 radical (unpaired) electrons. The Morgan fingerprint density at radius 1 is 1.36 bits per heavy atom. The first-order chi connectivity index (χ1) is 12.2. The highest BCUT2D eigenvalue weighted by Gasteiger charge is 2.27. The van der Waals surface area contributed by atoms with E-state index in [2.05, 4.69) is 20.9 Å². The first-order valence-electron chi connectivity index (χ1n) is 9.35. The third kappa shape index (κ3) is 3.28. The van der Waals surface area contributed by atoms with E-state index in [1.807, 2.05) is 36.4 Å². The van der Waals surface area contributed by atoms with E-state index in [0.717, 1.165) is 62.5 Å². The first-order valence-corrected chi connectivity index (χ1v) is 9.35. The van der Waals surface area contributed by atoms with Crippen LogP contribution in [-0.4, -0.2) is 40.0 Å². The second-order valence-corrected chi connectivity index (χ2v) is 7.26. The maximum Gasteiger partial charge on any atom is 0.255 e. The molecule has 0 spiro atoms.